The summed E-state index contributed by atoms with van der Waals surface area (Å²) in [4.78, 5) is 22.4. The van der Waals surface area contributed by atoms with Gasteiger partial charge in [0.05, 0.1) is 30.6 Å². The topological polar surface area (TPSA) is 119 Å². The van der Waals surface area contributed by atoms with Gasteiger partial charge in [-0.25, -0.2) is 14.8 Å². The lowest BCUT2D eigenvalue weighted by atomic mass is 9.81. The first-order valence-electron chi connectivity index (χ1n) is 9.61. The number of methoxy groups -OCH3 is 1. The van der Waals surface area contributed by atoms with Crippen LogP contribution in [0.4, 0.5) is 10.6 Å². The summed E-state index contributed by atoms with van der Waals surface area (Å²) in [5.41, 5.74) is 7.85. The molecule has 158 valence electrons. The first-order valence-corrected chi connectivity index (χ1v) is 9.98. The number of H-pyrrole nitrogens is 1. The molecule has 0 saturated carbocycles. The molecule has 2 aromatic heterocycles. The molecular formula is C20H23ClN6O3. The van der Waals surface area contributed by atoms with Crippen molar-refractivity contribution in [3.63, 3.8) is 0 Å². The summed E-state index contributed by atoms with van der Waals surface area (Å²) in [6.07, 6.45) is 2.74. The molecule has 1 amide bonds. The number of fused-ring (bicyclic) bond motifs is 1. The number of rotatable bonds is 5. The van der Waals surface area contributed by atoms with Crippen LogP contribution < -0.4 is 15.4 Å². The highest BCUT2D eigenvalue weighted by Crippen LogP contribution is 2.34. The number of carbonyl (C=O) groups is 1. The van der Waals surface area contributed by atoms with E-state index in [0.717, 1.165) is 43.0 Å². The normalized spacial score (nSPS) is 15.9. The van der Waals surface area contributed by atoms with Crippen LogP contribution >= 0.6 is 11.6 Å². The highest BCUT2D eigenvalue weighted by molar-refractivity contribution is 6.32. The van der Waals surface area contributed by atoms with E-state index < -0.39 is 6.09 Å². The van der Waals surface area contributed by atoms with Gasteiger partial charge >= 0.3 is 6.09 Å². The van der Waals surface area contributed by atoms with Gasteiger partial charge in [0.2, 0.25) is 5.65 Å². The lowest BCUT2D eigenvalue weighted by Crippen LogP contribution is -2.42. The Bertz CT molecular complexity index is 1080. The molecule has 0 bridgehead atoms. The Kier molecular flexibility index (Phi) is 5.38. The van der Waals surface area contributed by atoms with E-state index in [1.807, 2.05) is 12.1 Å². The SMILES string of the molecule is COc1cc(-c2[nH]nc3nc(N4CCC(C)(COC(N)=O)CC4)cnc23)ccc1Cl. The summed E-state index contributed by atoms with van der Waals surface area (Å²) in [5.74, 6) is 1.35. The second-order valence-corrected chi connectivity index (χ2v) is 8.16. The highest BCUT2D eigenvalue weighted by Gasteiger charge is 2.32. The molecule has 0 unspecified atom stereocenters. The number of benzene rings is 1. The van der Waals surface area contributed by atoms with Gasteiger partial charge in [-0.2, -0.15) is 5.10 Å². The fourth-order valence-electron chi connectivity index (χ4n) is 3.62. The number of nitrogens with zero attached hydrogens (tertiary/aromatic N) is 4. The number of aromatic amines is 1. The largest absolute Gasteiger partial charge is 0.495 e. The van der Waals surface area contributed by atoms with Crippen molar-refractivity contribution in [1.29, 1.82) is 0 Å². The minimum Gasteiger partial charge on any atom is -0.495 e. The van der Waals surface area contributed by atoms with Crippen LogP contribution in [-0.4, -0.2) is 53.1 Å². The molecule has 0 aliphatic carbocycles. The number of hydrogen-bond donors (Lipinski definition) is 2. The number of nitrogens with two attached hydrogens (primary N) is 1. The number of amides is 1. The maximum atomic E-state index is 10.9. The van der Waals surface area contributed by atoms with Crippen LogP contribution in [0.25, 0.3) is 22.4 Å². The summed E-state index contributed by atoms with van der Waals surface area (Å²) in [6.45, 7) is 3.99. The van der Waals surface area contributed by atoms with E-state index in [0.29, 0.717) is 28.5 Å². The minimum absolute atomic E-state index is 0.0871. The van der Waals surface area contributed by atoms with Gasteiger partial charge in [0, 0.05) is 24.1 Å². The average Bonchev–Trinajstić information content (AvgIpc) is 3.16. The van der Waals surface area contributed by atoms with Gasteiger partial charge in [-0.3, -0.25) is 5.10 Å². The number of nitrogens with one attached hydrogen (secondary N) is 1. The zero-order valence-electron chi connectivity index (χ0n) is 16.8. The first-order chi connectivity index (χ1) is 14.4. The van der Waals surface area contributed by atoms with E-state index in [9.17, 15) is 4.79 Å². The molecule has 3 aromatic rings. The number of aromatic nitrogens is 4. The standard InChI is InChI=1S/C20H23ClN6O3/c1-20(11-30-19(22)28)5-7-27(8-6-20)15-10-23-17-16(25-26-18(17)24-15)12-3-4-13(21)14(9-12)29-2/h3-4,9-10H,5-8,11H2,1-2H3,(H2,22,28)(H,24,25,26). The van der Waals surface area contributed by atoms with Gasteiger partial charge in [0.25, 0.3) is 0 Å². The van der Waals surface area contributed by atoms with Gasteiger partial charge in [-0.15, -0.1) is 0 Å². The number of carbonyl (C=O) groups excluding carboxylic acids is 1. The number of hydrogen-bond acceptors (Lipinski definition) is 7. The molecule has 1 aromatic carbocycles. The predicted octanol–water partition coefficient (Wildman–Crippen LogP) is 3.38. The number of halogens is 1. The Balaban J connectivity index is 1.53. The van der Waals surface area contributed by atoms with Crippen molar-refractivity contribution in [2.45, 2.75) is 19.8 Å². The maximum absolute atomic E-state index is 10.9. The second kappa shape index (κ2) is 7.98. The van der Waals surface area contributed by atoms with Crippen molar-refractivity contribution in [3.8, 4) is 17.0 Å². The van der Waals surface area contributed by atoms with Crippen LogP contribution in [0.1, 0.15) is 19.8 Å². The Labute approximate surface area is 178 Å². The second-order valence-electron chi connectivity index (χ2n) is 7.75. The lowest BCUT2D eigenvalue weighted by molar-refractivity contribution is 0.0818. The van der Waals surface area contributed by atoms with Crippen molar-refractivity contribution in [2.24, 2.45) is 11.1 Å². The quantitative estimate of drug-likeness (QED) is 0.636. The third-order valence-corrected chi connectivity index (χ3v) is 5.86. The zero-order valence-corrected chi connectivity index (χ0v) is 17.6. The highest BCUT2D eigenvalue weighted by atomic mass is 35.5. The van der Waals surface area contributed by atoms with Crippen LogP contribution in [0, 0.1) is 5.41 Å². The summed E-state index contributed by atoms with van der Waals surface area (Å²) >= 11 is 6.12. The van der Waals surface area contributed by atoms with E-state index in [-0.39, 0.29) is 5.41 Å². The van der Waals surface area contributed by atoms with Crippen molar-refractivity contribution >= 4 is 34.7 Å². The molecule has 1 fully saturated rings. The molecule has 4 rings (SSSR count). The summed E-state index contributed by atoms with van der Waals surface area (Å²) in [7, 11) is 1.58. The molecule has 3 heterocycles. The van der Waals surface area contributed by atoms with Crippen LogP contribution in [-0.2, 0) is 4.74 Å². The summed E-state index contributed by atoms with van der Waals surface area (Å²) < 4.78 is 10.3. The molecule has 9 nitrogen and oxygen atoms in total. The number of primary amides is 1. The zero-order chi connectivity index (χ0) is 21.3. The lowest BCUT2D eigenvalue weighted by Gasteiger charge is -2.39. The third kappa shape index (κ3) is 3.97. The molecule has 1 saturated heterocycles. The Morgan fingerprint density at radius 2 is 2.13 bits per heavy atom. The van der Waals surface area contributed by atoms with E-state index in [2.05, 4.69) is 32.0 Å². The van der Waals surface area contributed by atoms with Crippen molar-refractivity contribution in [1.82, 2.24) is 20.2 Å². The number of ether oxygens (including phenoxy) is 2. The van der Waals surface area contributed by atoms with Gasteiger partial charge < -0.3 is 20.1 Å². The van der Waals surface area contributed by atoms with Crippen molar-refractivity contribution in [2.75, 3.05) is 31.7 Å². The molecule has 0 atom stereocenters. The predicted molar refractivity (Wildman–Crippen MR) is 114 cm³/mol. The van der Waals surface area contributed by atoms with Crippen molar-refractivity contribution in [3.05, 3.63) is 29.4 Å². The average molecular weight is 431 g/mol. The minimum atomic E-state index is -0.734. The van der Waals surface area contributed by atoms with Crippen molar-refractivity contribution < 1.29 is 14.3 Å². The molecule has 0 radical (unpaired) electrons. The fraction of sp³-hybridized carbons (Fsp3) is 0.400. The third-order valence-electron chi connectivity index (χ3n) is 5.55. The smallest absolute Gasteiger partial charge is 0.404 e. The summed E-state index contributed by atoms with van der Waals surface area (Å²) in [5, 5.41) is 7.89. The molecular weight excluding hydrogens is 408 g/mol. The molecule has 1 aliphatic heterocycles. The maximum Gasteiger partial charge on any atom is 0.404 e. The monoisotopic (exact) mass is 430 g/mol. The molecule has 0 spiro atoms. The fourth-order valence-corrected chi connectivity index (χ4v) is 3.82. The van der Waals surface area contributed by atoms with E-state index in [1.165, 1.54) is 0 Å². The Morgan fingerprint density at radius 1 is 1.37 bits per heavy atom. The number of anilines is 1. The van der Waals surface area contributed by atoms with Crippen LogP contribution in [0.3, 0.4) is 0 Å². The first kappa shape index (κ1) is 20.2. The summed E-state index contributed by atoms with van der Waals surface area (Å²) in [6, 6.07) is 5.49. The van der Waals surface area contributed by atoms with Crippen LogP contribution in [0.2, 0.25) is 5.02 Å². The van der Waals surface area contributed by atoms with E-state index in [4.69, 9.17) is 26.8 Å². The van der Waals surface area contributed by atoms with Gasteiger partial charge in [0.1, 0.15) is 17.1 Å². The van der Waals surface area contributed by atoms with Gasteiger partial charge in [-0.05, 0) is 25.0 Å². The van der Waals surface area contributed by atoms with Gasteiger partial charge in [0.15, 0.2) is 0 Å². The molecule has 3 N–H and O–H groups in total. The Morgan fingerprint density at radius 3 is 2.83 bits per heavy atom. The van der Waals surface area contributed by atoms with E-state index >= 15 is 0 Å². The molecule has 10 heteroatoms. The molecule has 1 aliphatic rings. The van der Waals surface area contributed by atoms with Crippen LogP contribution in [0.5, 0.6) is 5.75 Å². The Hall–Kier alpha value is -3.07. The van der Waals surface area contributed by atoms with Gasteiger partial charge in [-0.1, -0.05) is 24.6 Å². The van der Waals surface area contributed by atoms with Crippen LogP contribution in [0.15, 0.2) is 24.4 Å². The molecule has 30 heavy (non-hydrogen) atoms. The van der Waals surface area contributed by atoms with E-state index in [1.54, 1.807) is 19.4 Å². The number of piperidine rings is 1.